The van der Waals surface area contributed by atoms with Gasteiger partial charge in [-0.05, 0) is 58.7 Å². The van der Waals surface area contributed by atoms with Crippen LogP contribution in [0.3, 0.4) is 0 Å². The van der Waals surface area contributed by atoms with E-state index in [-0.39, 0.29) is 55.7 Å². The minimum Gasteiger partial charge on any atom is -0.204 e. The average Bonchev–Trinajstić information content (AvgIpc) is 3.50. The van der Waals surface area contributed by atoms with Crippen LogP contribution in [-0.4, -0.2) is 0 Å². The van der Waals surface area contributed by atoms with Crippen molar-refractivity contribution in [2.45, 2.75) is 0 Å². The molecule has 5 rings (SSSR count). The van der Waals surface area contributed by atoms with E-state index in [9.17, 15) is 57.9 Å². The lowest BCUT2D eigenvalue weighted by atomic mass is 9.90. The quantitative estimate of drug-likeness (QED) is 0.179. The van der Waals surface area contributed by atoms with Gasteiger partial charge >= 0.3 is 0 Å². The maximum absolute atomic E-state index is 14.3. The second kappa shape index (κ2) is 10.5. The Balaban J connectivity index is 1.95. The van der Waals surface area contributed by atoms with E-state index < -0.39 is 57.2 Å². The van der Waals surface area contributed by atoms with Crippen molar-refractivity contribution in [1.82, 2.24) is 0 Å². The molecule has 0 spiro atoms. The molecule has 2 aliphatic carbocycles. The van der Waals surface area contributed by atoms with Crippen LogP contribution in [0.15, 0.2) is 47.5 Å². The number of halogens is 6. The Hall–Kier alpha value is -6.86. The number of fused-ring (bicyclic) bond motifs is 2. The first-order valence-electron chi connectivity index (χ1n) is 11.9. The van der Waals surface area contributed by atoms with Crippen LogP contribution in [0, 0.1) is 103 Å². The summed E-state index contributed by atoms with van der Waals surface area (Å²) in [5.74, 6) is -10.1. The zero-order chi connectivity index (χ0) is 32.0. The minimum absolute atomic E-state index is 0.0705. The SMILES string of the molecule is N#CC(C#N)=C1C(c2cc(F)c(F)c(F)c2)=C(C#N)c2cc3c(cc21)C(C#N)=C(c1cc(F)c(F)c(F)c1)C3=C(C#N)C#N. The standard InChI is InChI=1S/C32H6F6N6/c33-23-1-13(2-24(34)31(23)37)27-21(11-43)17-5-20-18(6-19(17)29(27)15(7-39)8-40)22(12-44)28(30(20)16(9-41)10-42)14-3-25(35)32(38)26(36)4-14/h1-6H. The summed E-state index contributed by atoms with van der Waals surface area (Å²) in [6.07, 6.45) is 0. The summed E-state index contributed by atoms with van der Waals surface area (Å²) >= 11 is 0. The molecule has 12 heteroatoms. The third kappa shape index (κ3) is 4.00. The number of benzene rings is 3. The molecule has 0 heterocycles. The first kappa shape index (κ1) is 28.7. The zero-order valence-electron chi connectivity index (χ0n) is 21.4. The lowest BCUT2D eigenvalue weighted by molar-refractivity contribution is 0.446. The van der Waals surface area contributed by atoms with Gasteiger partial charge in [-0.25, -0.2) is 26.3 Å². The molecular weight excluding hydrogens is 582 g/mol. The molecule has 6 nitrogen and oxygen atoms in total. The number of rotatable bonds is 2. The lowest BCUT2D eigenvalue weighted by Crippen LogP contribution is -1.97. The fourth-order valence-electron chi connectivity index (χ4n) is 5.22. The van der Waals surface area contributed by atoms with E-state index in [2.05, 4.69) is 0 Å². The summed E-state index contributed by atoms with van der Waals surface area (Å²) in [6, 6.07) is 14.8. The van der Waals surface area contributed by atoms with Crippen molar-refractivity contribution in [3.63, 3.8) is 0 Å². The van der Waals surface area contributed by atoms with Crippen molar-refractivity contribution < 1.29 is 26.3 Å². The monoisotopic (exact) mass is 588 g/mol. The Morgan fingerprint density at radius 3 is 0.977 bits per heavy atom. The number of hydrogen-bond acceptors (Lipinski definition) is 6. The van der Waals surface area contributed by atoms with Crippen molar-refractivity contribution >= 4 is 33.4 Å². The van der Waals surface area contributed by atoms with Gasteiger partial charge in [-0.3, -0.25) is 0 Å². The molecule has 206 valence electrons. The Morgan fingerprint density at radius 1 is 0.432 bits per heavy atom. The fraction of sp³-hybridized carbons (Fsp3) is 0. The van der Waals surface area contributed by atoms with Gasteiger partial charge in [-0.2, -0.15) is 31.6 Å². The maximum Gasteiger partial charge on any atom is 0.194 e. The van der Waals surface area contributed by atoms with Crippen LogP contribution in [0.2, 0.25) is 0 Å². The molecule has 0 atom stereocenters. The molecule has 0 aliphatic heterocycles. The normalized spacial score (nSPS) is 12.8. The average molecular weight is 588 g/mol. The van der Waals surface area contributed by atoms with Gasteiger partial charge in [0, 0.05) is 33.4 Å². The van der Waals surface area contributed by atoms with Gasteiger partial charge in [-0.15, -0.1) is 0 Å². The second-order valence-electron chi connectivity index (χ2n) is 9.12. The molecule has 3 aromatic carbocycles. The molecule has 0 bridgehead atoms. The Bertz CT molecular complexity index is 2060. The van der Waals surface area contributed by atoms with Crippen LogP contribution in [-0.2, 0) is 0 Å². The van der Waals surface area contributed by atoms with Crippen molar-refractivity contribution in [2.24, 2.45) is 0 Å². The Labute approximate surface area is 243 Å². The van der Waals surface area contributed by atoms with Gasteiger partial charge < -0.3 is 0 Å². The van der Waals surface area contributed by atoms with Crippen LogP contribution in [0.4, 0.5) is 26.3 Å². The summed E-state index contributed by atoms with van der Waals surface area (Å²) in [7, 11) is 0. The number of nitriles is 6. The molecule has 3 aromatic rings. The predicted molar refractivity (Wildman–Crippen MR) is 140 cm³/mol. The van der Waals surface area contributed by atoms with Crippen LogP contribution < -0.4 is 0 Å². The van der Waals surface area contributed by atoms with Crippen molar-refractivity contribution in [1.29, 1.82) is 31.6 Å². The van der Waals surface area contributed by atoms with Gasteiger partial charge in [0.2, 0.25) is 0 Å². The summed E-state index contributed by atoms with van der Waals surface area (Å²) < 4.78 is 84.7. The first-order chi connectivity index (χ1) is 21.1. The fourth-order valence-corrected chi connectivity index (χ4v) is 5.22. The highest BCUT2D eigenvalue weighted by atomic mass is 19.2. The summed E-state index contributed by atoms with van der Waals surface area (Å²) in [5, 5.41) is 59.3. The van der Waals surface area contributed by atoms with E-state index in [1.54, 1.807) is 24.3 Å². The summed E-state index contributed by atoms with van der Waals surface area (Å²) in [4.78, 5) is 0. The van der Waals surface area contributed by atoms with Gasteiger partial charge in [0.15, 0.2) is 34.9 Å². The van der Waals surface area contributed by atoms with Gasteiger partial charge in [-0.1, -0.05) is 0 Å². The molecule has 0 amide bonds. The van der Waals surface area contributed by atoms with E-state index >= 15 is 0 Å². The number of allylic oxidation sites excluding steroid dienone is 8. The Kier molecular flexibility index (Phi) is 6.85. The first-order valence-corrected chi connectivity index (χ1v) is 11.9. The number of nitrogens with zero attached hydrogens (tertiary/aromatic N) is 6. The van der Waals surface area contributed by atoms with Gasteiger partial charge in [0.1, 0.15) is 47.6 Å². The van der Waals surface area contributed by atoms with E-state index in [0.717, 1.165) is 0 Å². The third-order valence-electron chi connectivity index (χ3n) is 6.95. The molecule has 0 aromatic heterocycles. The van der Waals surface area contributed by atoms with E-state index in [0.29, 0.717) is 24.3 Å². The smallest absolute Gasteiger partial charge is 0.194 e. The molecule has 0 unspecified atom stereocenters. The molecule has 0 radical (unpaired) electrons. The summed E-state index contributed by atoms with van der Waals surface area (Å²) in [6.45, 7) is 0. The minimum atomic E-state index is -1.81. The van der Waals surface area contributed by atoms with Gasteiger partial charge in [0.25, 0.3) is 0 Å². The zero-order valence-corrected chi connectivity index (χ0v) is 21.4. The Morgan fingerprint density at radius 2 is 0.727 bits per heavy atom. The van der Waals surface area contributed by atoms with Crippen molar-refractivity contribution in [2.75, 3.05) is 0 Å². The molecule has 0 N–H and O–H groups in total. The molecular formula is C32H6F6N6. The highest BCUT2D eigenvalue weighted by molar-refractivity contribution is 6.29. The van der Waals surface area contributed by atoms with E-state index in [1.807, 2.05) is 12.1 Å². The highest BCUT2D eigenvalue weighted by Gasteiger charge is 2.38. The van der Waals surface area contributed by atoms with Crippen molar-refractivity contribution in [3.8, 4) is 36.4 Å². The lowest BCUT2D eigenvalue weighted by Gasteiger charge is -2.11. The van der Waals surface area contributed by atoms with Crippen LogP contribution >= 0.6 is 0 Å². The number of hydrogen-bond donors (Lipinski definition) is 0. The largest absolute Gasteiger partial charge is 0.204 e. The summed E-state index contributed by atoms with van der Waals surface area (Å²) in [5.41, 5.74) is -4.33. The molecule has 0 saturated heterocycles. The molecule has 44 heavy (non-hydrogen) atoms. The van der Waals surface area contributed by atoms with Crippen molar-refractivity contribution in [3.05, 3.63) is 116 Å². The maximum atomic E-state index is 14.3. The van der Waals surface area contributed by atoms with Crippen LogP contribution in [0.1, 0.15) is 33.4 Å². The second-order valence-corrected chi connectivity index (χ2v) is 9.12. The van der Waals surface area contributed by atoms with Crippen LogP contribution in [0.25, 0.3) is 33.4 Å². The van der Waals surface area contributed by atoms with Crippen LogP contribution in [0.5, 0.6) is 0 Å². The predicted octanol–water partition coefficient (Wildman–Crippen LogP) is 7.02. The van der Waals surface area contributed by atoms with E-state index in [1.165, 1.54) is 12.1 Å². The van der Waals surface area contributed by atoms with E-state index in [4.69, 9.17) is 0 Å². The van der Waals surface area contributed by atoms with Gasteiger partial charge in [0.05, 0.1) is 11.1 Å². The third-order valence-corrected chi connectivity index (χ3v) is 6.95. The molecule has 0 saturated carbocycles. The molecule has 2 aliphatic rings. The topological polar surface area (TPSA) is 143 Å². The molecule has 0 fully saturated rings. The highest BCUT2D eigenvalue weighted by Crippen LogP contribution is 2.54.